The SMILES string of the molecule is COCCN1CC(=O)N(Cc2ccccc2)[C@H](C)C(=O)N(C)CC1=O. The van der Waals surface area contributed by atoms with Gasteiger partial charge in [-0.1, -0.05) is 30.3 Å². The van der Waals surface area contributed by atoms with Gasteiger partial charge in [0.05, 0.1) is 19.7 Å². The van der Waals surface area contributed by atoms with Crippen LogP contribution in [-0.2, 0) is 25.7 Å². The van der Waals surface area contributed by atoms with E-state index in [2.05, 4.69) is 0 Å². The fourth-order valence-electron chi connectivity index (χ4n) is 2.80. The normalized spacial score (nSPS) is 19.7. The number of carbonyl (C=O) groups is 3. The van der Waals surface area contributed by atoms with E-state index < -0.39 is 6.04 Å². The van der Waals surface area contributed by atoms with Gasteiger partial charge in [0.2, 0.25) is 17.7 Å². The highest BCUT2D eigenvalue weighted by molar-refractivity contribution is 5.94. The summed E-state index contributed by atoms with van der Waals surface area (Å²) < 4.78 is 5.02. The van der Waals surface area contributed by atoms with Crippen LogP contribution in [0.25, 0.3) is 0 Å². The lowest BCUT2D eigenvalue weighted by Gasteiger charge is -2.30. The predicted molar refractivity (Wildman–Crippen MR) is 92.5 cm³/mol. The third-order valence-corrected chi connectivity index (χ3v) is 4.33. The Bertz CT molecular complexity index is 620. The van der Waals surface area contributed by atoms with Crippen molar-refractivity contribution in [1.29, 1.82) is 0 Å². The number of hydrogen-bond acceptors (Lipinski definition) is 4. The van der Waals surface area contributed by atoms with Gasteiger partial charge >= 0.3 is 0 Å². The van der Waals surface area contributed by atoms with E-state index in [1.54, 1.807) is 21.1 Å². The van der Waals surface area contributed by atoms with Crippen molar-refractivity contribution in [3.8, 4) is 0 Å². The Morgan fingerprint density at radius 1 is 1.08 bits per heavy atom. The molecule has 0 aliphatic carbocycles. The van der Waals surface area contributed by atoms with Crippen LogP contribution in [0, 0.1) is 0 Å². The number of methoxy groups -OCH3 is 1. The number of nitrogens with zero attached hydrogens (tertiary/aromatic N) is 3. The summed E-state index contributed by atoms with van der Waals surface area (Å²) in [7, 11) is 3.13. The van der Waals surface area contributed by atoms with Crippen LogP contribution < -0.4 is 0 Å². The standard InChI is InChI=1S/C18H25N3O4/c1-14-18(24)19(2)12-16(22)20(9-10-25-3)13-17(23)21(14)11-15-7-5-4-6-8-15/h4-8,14H,9-13H2,1-3H3/t14-/m1/s1. The molecule has 1 aliphatic heterocycles. The van der Waals surface area contributed by atoms with E-state index in [1.807, 2.05) is 30.3 Å². The van der Waals surface area contributed by atoms with Crippen molar-refractivity contribution < 1.29 is 19.1 Å². The number of carbonyl (C=O) groups excluding carboxylic acids is 3. The molecule has 7 heteroatoms. The number of ether oxygens (including phenoxy) is 1. The zero-order valence-corrected chi connectivity index (χ0v) is 15.0. The summed E-state index contributed by atoms with van der Waals surface area (Å²) in [5, 5.41) is 0. The molecule has 1 aromatic carbocycles. The van der Waals surface area contributed by atoms with Gasteiger partial charge in [0.25, 0.3) is 0 Å². The smallest absolute Gasteiger partial charge is 0.245 e. The lowest BCUT2D eigenvalue weighted by atomic mass is 10.1. The van der Waals surface area contributed by atoms with E-state index in [-0.39, 0.29) is 30.8 Å². The lowest BCUT2D eigenvalue weighted by molar-refractivity contribution is -0.144. The highest BCUT2D eigenvalue weighted by Gasteiger charge is 2.33. The number of benzene rings is 1. The first kappa shape index (κ1) is 18.9. The van der Waals surface area contributed by atoms with Crippen molar-refractivity contribution in [3.05, 3.63) is 35.9 Å². The maximum Gasteiger partial charge on any atom is 0.245 e. The van der Waals surface area contributed by atoms with Crippen LogP contribution in [0.3, 0.4) is 0 Å². The van der Waals surface area contributed by atoms with Crippen LogP contribution in [0.4, 0.5) is 0 Å². The minimum atomic E-state index is -0.632. The molecule has 1 aliphatic rings. The minimum Gasteiger partial charge on any atom is -0.383 e. The Balaban J connectivity index is 2.27. The van der Waals surface area contributed by atoms with Gasteiger partial charge in [-0.3, -0.25) is 14.4 Å². The molecule has 1 heterocycles. The Morgan fingerprint density at radius 3 is 2.40 bits per heavy atom. The molecule has 1 atom stereocenters. The highest BCUT2D eigenvalue weighted by atomic mass is 16.5. The molecule has 0 saturated carbocycles. The largest absolute Gasteiger partial charge is 0.383 e. The summed E-state index contributed by atoms with van der Waals surface area (Å²) in [6, 6.07) is 8.88. The van der Waals surface area contributed by atoms with Gasteiger partial charge in [-0.05, 0) is 12.5 Å². The molecule has 1 saturated heterocycles. The molecule has 0 aromatic heterocycles. The molecule has 0 unspecified atom stereocenters. The maximum absolute atomic E-state index is 12.8. The van der Waals surface area contributed by atoms with Crippen molar-refractivity contribution in [2.45, 2.75) is 19.5 Å². The monoisotopic (exact) mass is 347 g/mol. The molecule has 0 N–H and O–H groups in total. The van der Waals surface area contributed by atoms with Gasteiger partial charge in [-0.2, -0.15) is 0 Å². The second-order valence-corrected chi connectivity index (χ2v) is 6.19. The topological polar surface area (TPSA) is 70.2 Å². The van der Waals surface area contributed by atoms with Crippen LogP contribution in [0.15, 0.2) is 30.3 Å². The van der Waals surface area contributed by atoms with Gasteiger partial charge < -0.3 is 19.4 Å². The third-order valence-electron chi connectivity index (χ3n) is 4.33. The molecule has 7 nitrogen and oxygen atoms in total. The van der Waals surface area contributed by atoms with Crippen molar-refractivity contribution >= 4 is 17.7 Å². The van der Waals surface area contributed by atoms with E-state index in [9.17, 15) is 14.4 Å². The number of rotatable bonds is 5. The van der Waals surface area contributed by atoms with Crippen LogP contribution in [0.1, 0.15) is 12.5 Å². The Kier molecular flexibility index (Phi) is 6.52. The van der Waals surface area contributed by atoms with Crippen molar-refractivity contribution in [2.75, 3.05) is 40.4 Å². The number of likely N-dealkylation sites (N-methyl/N-ethyl adjacent to an activating group) is 1. The Labute approximate surface area is 148 Å². The first-order valence-corrected chi connectivity index (χ1v) is 8.29. The maximum atomic E-state index is 12.8. The first-order valence-electron chi connectivity index (χ1n) is 8.29. The summed E-state index contributed by atoms with van der Waals surface area (Å²) in [5.74, 6) is -0.745. The molecule has 2 rings (SSSR count). The number of amides is 3. The van der Waals surface area contributed by atoms with Crippen LogP contribution >= 0.6 is 0 Å². The molecule has 1 aromatic rings. The Hall–Kier alpha value is -2.41. The first-order chi connectivity index (χ1) is 11.9. The molecule has 25 heavy (non-hydrogen) atoms. The molecule has 136 valence electrons. The fourth-order valence-corrected chi connectivity index (χ4v) is 2.80. The fraction of sp³-hybridized carbons (Fsp3) is 0.500. The average molecular weight is 347 g/mol. The van der Waals surface area contributed by atoms with Gasteiger partial charge in [-0.25, -0.2) is 0 Å². The molecular weight excluding hydrogens is 322 g/mol. The van der Waals surface area contributed by atoms with Gasteiger partial charge in [0.15, 0.2) is 0 Å². The summed E-state index contributed by atoms with van der Waals surface area (Å²) in [6.45, 7) is 2.59. The van der Waals surface area contributed by atoms with Crippen molar-refractivity contribution in [3.63, 3.8) is 0 Å². The van der Waals surface area contributed by atoms with Crippen LogP contribution in [-0.4, -0.2) is 78.9 Å². The second kappa shape index (κ2) is 8.62. The molecule has 0 radical (unpaired) electrons. The van der Waals surface area contributed by atoms with Gasteiger partial charge in [0.1, 0.15) is 6.04 Å². The van der Waals surface area contributed by atoms with Gasteiger partial charge in [-0.15, -0.1) is 0 Å². The molecule has 1 fully saturated rings. The van der Waals surface area contributed by atoms with Crippen LogP contribution in [0.2, 0.25) is 0 Å². The zero-order valence-electron chi connectivity index (χ0n) is 15.0. The van der Waals surface area contributed by atoms with E-state index >= 15 is 0 Å². The van der Waals surface area contributed by atoms with E-state index in [4.69, 9.17) is 4.74 Å². The molecule has 0 bridgehead atoms. The lowest BCUT2D eigenvalue weighted by Crippen LogP contribution is -2.48. The zero-order chi connectivity index (χ0) is 18.4. The Morgan fingerprint density at radius 2 is 1.76 bits per heavy atom. The molecular formula is C18H25N3O4. The minimum absolute atomic E-state index is 0.0423. The van der Waals surface area contributed by atoms with Gasteiger partial charge in [0, 0.05) is 27.2 Å². The van der Waals surface area contributed by atoms with E-state index in [0.29, 0.717) is 19.7 Å². The summed E-state index contributed by atoms with van der Waals surface area (Å²) in [5.41, 5.74) is 0.937. The van der Waals surface area contributed by atoms with E-state index in [0.717, 1.165) is 5.56 Å². The van der Waals surface area contributed by atoms with E-state index in [1.165, 1.54) is 14.7 Å². The highest BCUT2D eigenvalue weighted by Crippen LogP contribution is 2.13. The third kappa shape index (κ3) is 4.79. The average Bonchev–Trinajstić information content (AvgIpc) is 2.63. The van der Waals surface area contributed by atoms with Crippen molar-refractivity contribution in [2.24, 2.45) is 0 Å². The predicted octanol–water partition coefficient (Wildman–Crippen LogP) is 0.351. The van der Waals surface area contributed by atoms with Crippen molar-refractivity contribution in [1.82, 2.24) is 14.7 Å². The summed E-state index contributed by atoms with van der Waals surface area (Å²) >= 11 is 0. The molecule has 3 amide bonds. The van der Waals surface area contributed by atoms with Crippen LogP contribution in [0.5, 0.6) is 0 Å². The number of hydrogen-bond donors (Lipinski definition) is 0. The second-order valence-electron chi connectivity index (χ2n) is 6.19. The summed E-state index contributed by atoms with van der Waals surface area (Å²) in [6.07, 6.45) is 0. The quantitative estimate of drug-likeness (QED) is 0.771. The summed E-state index contributed by atoms with van der Waals surface area (Å²) in [4.78, 5) is 42.2. The molecule has 0 spiro atoms.